The van der Waals surface area contributed by atoms with Crippen LogP contribution in [0.4, 0.5) is 0 Å². The number of nitrogens with one attached hydrogen (secondary N) is 2. The molecule has 1 aromatic carbocycles. The number of nitrogens with zero attached hydrogens (tertiary/aromatic N) is 1. The van der Waals surface area contributed by atoms with Gasteiger partial charge in [0.05, 0.1) is 0 Å². The Bertz CT molecular complexity index is 533. The molecule has 0 saturated carbocycles. The topological polar surface area (TPSA) is 45.7 Å². The zero-order valence-electron chi connectivity index (χ0n) is 14.8. The van der Waals surface area contributed by atoms with Crippen molar-refractivity contribution in [3.8, 4) is 0 Å². The van der Waals surface area contributed by atoms with Gasteiger partial charge in [-0.2, -0.15) is 0 Å². The van der Waals surface area contributed by atoms with E-state index in [4.69, 9.17) is 16.3 Å². The Morgan fingerprint density at radius 3 is 2.67 bits per heavy atom. The second-order valence-electron chi connectivity index (χ2n) is 6.28. The van der Waals surface area contributed by atoms with Gasteiger partial charge in [-0.05, 0) is 43.9 Å². The van der Waals surface area contributed by atoms with Crippen molar-refractivity contribution in [3.63, 3.8) is 0 Å². The summed E-state index contributed by atoms with van der Waals surface area (Å²) in [5.74, 6) is 0.854. The average molecular weight is 466 g/mol. The van der Waals surface area contributed by atoms with Crippen molar-refractivity contribution in [3.05, 3.63) is 34.9 Å². The summed E-state index contributed by atoms with van der Waals surface area (Å²) in [6.45, 7) is 6.72. The Hall–Kier alpha value is -0.530. The molecule has 1 atom stereocenters. The van der Waals surface area contributed by atoms with Crippen molar-refractivity contribution in [2.75, 3.05) is 26.8 Å². The summed E-state index contributed by atoms with van der Waals surface area (Å²) in [7, 11) is 1.81. The first-order valence-electron chi connectivity index (χ1n) is 8.40. The highest BCUT2D eigenvalue weighted by Gasteiger charge is 2.34. The van der Waals surface area contributed by atoms with Gasteiger partial charge in [0.25, 0.3) is 0 Å². The fourth-order valence-electron chi connectivity index (χ4n) is 2.93. The Morgan fingerprint density at radius 2 is 2.08 bits per heavy atom. The molecule has 2 rings (SSSR count). The van der Waals surface area contributed by atoms with Crippen LogP contribution >= 0.6 is 35.6 Å². The summed E-state index contributed by atoms with van der Waals surface area (Å²) in [4.78, 5) is 4.34. The molecular weight excluding hydrogens is 437 g/mol. The van der Waals surface area contributed by atoms with E-state index in [-0.39, 0.29) is 29.4 Å². The highest BCUT2D eigenvalue weighted by atomic mass is 127. The summed E-state index contributed by atoms with van der Waals surface area (Å²) >= 11 is 6.22. The molecule has 1 unspecified atom stereocenters. The standard InChI is InChI=1S/C18H28ClN3O.HI/c1-4-14(2)22-17(20-3)21-13-18(8-10-23-11-9-18)15-6-5-7-16(19)12-15;/h5-7,12,14H,4,8-11,13H2,1-3H3,(H2,20,21,22);1H. The monoisotopic (exact) mass is 465 g/mol. The lowest BCUT2D eigenvalue weighted by Gasteiger charge is -2.38. The van der Waals surface area contributed by atoms with Crippen LogP contribution in [0.25, 0.3) is 0 Å². The molecule has 0 amide bonds. The van der Waals surface area contributed by atoms with Crippen LogP contribution in [0.5, 0.6) is 0 Å². The van der Waals surface area contributed by atoms with Crippen molar-refractivity contribution >= 4 is 41.5 Å². The molecule has 0 radical (unpaired) electrons. The minimum atomic E-state index is 0. The lowest BCUT2D eigenvalue weighted by atomic mass is 9.74. The maximum Gasteiger partial charge on any atom is 0.191 e. The van der Waals surface area contributed by atoms with E-state index in [1.807, 2.05) is 19.2 Å². The molecule has 6 heteroatoms. The van der Waals surface area contributed by atoms with Crippen LogP contribution < -0.4 is 10.6 Å². The average Bonchev–Trinajstić information content (AvgIpc) is 2.59. The van der Waals surface area contributed by atoms with Gasteiger partial charge in [0.1, 0.15) is 0 Å². The minimum Gasteiger partial charge on any atom is -0.381 e. The van der Waals surface area contributed by atoms with E-state index < -0.39 is 0 Å². The van der Waals surface area contributed by atoms with Gasteiger partial charge in [-0.1, -0.05) is 30.7 Å². The quantitative estimate of drug-likeness (QED) is 0.393. The summed E-state index contributed by atoms with van der Waals surface area (Å²) in [5.41, 5.74) is 1.32. The van der Waals surface area contributed by atoms with Crippen LogP contribution in [0.1, 0.15) is 38.7 Å². The van der Waals surface area contributed by atoms with Gasteiger partial charge < -0.3 is 15.4 Å². The third kappa shape index (κ3) is 5.77. The number of benzene rings is 1. The number of guanidine groups is 1. The van der Waals surface area contributed by atoms with Gasteiger partial charge in [-0.15, -0.1) is 24.0 Å². The highest BCUT2D eigenvalue weighted by Crippen LogP contribution is 2.35. The molecule has 1 aromatic rings. The molecule has 1 fully saturated rings. The molecule has 1 heterocycles. The third-order valence-corrected chi connectivity index (χ3v) is 4.94. The summed E-state index contributed by atoms with van der Waals surface area (Å²) in [6, 6.07) is 8.61. The van der Waals surface area contributed by atoms with Crippen molar-refractivity contribution < 1.29 is 4.74 Å². The van der Waals surface area contributed by atoms with Crippen LogP contribution in [0.15, 0.2) is 29.3 Å². The number of halogens is 2. The third-order valence-electron chi connectivity index (χ3n) is 4.70. The molecular formula is C18H29ClIN3O. The van der Waals surface area contributed by atoms with Crippen LogP contribution in [0.2, 0.25) is 5.02 Å². The molecule has 136 valence electrons. The molecule has 1 saturated heterocycles. The van der Waals surface area contributed by atoms with E-state index in [0.29, 0.717) is 6.04 Å². The molecule has 0 aromatic heterocycles. The number of hydrogen-bond acceptors (Lipinski definition) is 2. The summed E-state index contributed by atoms with van der Waals surface area (Å²) in [5, 5.41) is 7.71. The second kappa shape index (κ2) is 10.5. The number of rotatable bonds is 5. The minimum absolute atomic E-state index is 0. The normalized spacial score (nSPS) is 18.4. The van der Waals surface area contributed by atoms with Gasteiger partial charge >= 0.3 is 0 Å². The largest absolute Gasteiger partial charge is 0.381 e. The molecule has 1 aliphatic heterocycles. The SMILES string of the molecule is CCC(C)NC(=NC)NCC1(c2cccc(Cl)c2)CCOCC1.I. The van der Waals surface area contributed by atoms with Gasteiger partial charge in [0.15, 0.2) is 5.96 Å². The zero-order chi connectivity index (χ0) is 16.7. The van der Waals surface area contributed by atoms with E-state index in [2.05, 4.69) is 41.6 Å². The maximum atomic E-state index is 6.22. The van der Waals surface area contributed by atoms with Crippen molar-refractivity contribution in [2.45, 2.75) is 44.6 Å². The van der Waals surface area contributed by atoms with Gasteiger partial charge in [-0.25, -0.2) is 0 Å². The van der Waals surface area contributed by atoms with E-state index >= 15 is 0 Å². The first-order valence-corrected chi connectivity index (χ1v) is 8.78. The van der Waals surface area contributed by atoms with E-state index in [0.717, 1.165) is 50.0 Å². The van der Waals surface area contributed by atoms with Gasteiger partial charge in [-0.3, -0.25) is 4.99 Å². The molecule has 0 bridgehead atoms. The summed E-state index contributed by atoms with van der Waals surface area (Å²) < 4.78 is 5.58. The van der Waals surface area contributed by atoms with Crippen LogP contribution in [-0.4, -0.2) is 38.8 Å². The Kier molecular flexibility index (Phi) is 9.37. The maximum absolute atomic E-state index is 6.22. The second-order valence-corrected chi connectivity index (χ2v) is 6.72. The molecule has 2 N–H and O–H groups in total. The van der Waals surface area contributed by atoms with Crippen molar-refractivity contribution in [1.29, 1.82) is 0 Å². The lowest BCUT2D eigenvalue weighted by Crippen LogP contribution is -2.49. The lowest BCUT2D eigenvalue weighted by molar-refractivity contribution is 0.0513. The molecule has 0 spiro atoms. The number of ether oxygens (including phenoxy) is 1. The Balaban J connectivity index is 0.00000288. The molecule has 4 nitrogen and oxygen atoms in total. The number of hydrogen-bond donors (Lipinski definition) is 2. The van der Waals surface area contributed by atoms with Gasteiger partial charge in [0.2, 0.25) is 0 Å². The smallest absolute Gasteiger partial charge is 0.191 e. The van der Waals surface area contributed by atoms with Crippen molar-refractivity contribution in [1.82, 2.24) is 10.6 Å². The van der Waals surface area contributed by atoms with E-state index in [9.17, 15) is 0 Å². The Morgan fingerprint density at radius 1 is 1.38 bits per heavy atom. The fraction of sp³-hybridized carbons (Fsp3) is 0.611. The highest BCUT2D eigenvalue weighted by molar-refractivity contribution is 14.0. The Labute approximate surface area is 167 Å². The van der Waals surface area contributed by atoms with E-state index in [1.165, 1.54) is 5.56 Å². The number of aliphatic imine (C=N–C) groups is 1. The first-order chi connectivity index (χ1) is 11.1. The van der Waals surface area contributed by atoms with Crippen LogP contribution in [0, 0.1) is 0 Å². The van der Waals surface area contributed by atoms with Crippen molar-refractivity contribution in [2.24, 2.45) is 4.99 Å². The van der Waals surface area contributed by atoms with E-state index in [1.54, 1.807) is 0 Å². The van der Waals surface area contributed by atoms with Crippen LogP contribution in [-0.2, 0) is 10.2 Å². The van der Waals surface area contributed by atoms with Crippen LogP contribution in [0.3, 0.4) is 0 Å². The molecule has 24 heavy (non-hydrogen) atoms. The molecule has 1 aliphatic rings. The summed E-state index contributed by atoms with van der Waals surface area (Å²) in [6.07, 6.45) is 3.04. The predicted octanol–water partition coefficient (Wildman–Crippen LogP) is 3.97. The fourth-order valence-corrected chi connectivity index (χ4v) is 3.12. The first kappa shape index (κ1) is 21.5. The van der Waals surface area contributed by atoms with Gasteiger partial charge in [0, 0.05) is 43.3 Å². The molecule has 0 aliphatic carbocycles. The predicted molar refractivity (Wildman–Crippen MR) is 113 cm³/mol. The zero-order valence-corrected chi connectivity index (χ0v) is 17.9.